The summed E-state index contributed by atoms with van der Waals surface area (Å²) in [5.74, 6) is -2.09. The number of amides is 1. The molecule has 0 radical (unpaired) electrons. The molecule has 0 saturated carbocycles. The fourth-order valence-electron chi connectivity index (χ4n) is 2.35. The Morgan fingerprint density at radius 1 is 1.40 bits per heavy atom. The van der Waals surface area contributed by atoms with Crippen LogP contribution in [-0.4, -0.2) is 41.8 Å². The van der Waals surface area contributed by atoms with Crippen LogP contribution < -0.4 is 4.90 Å². The summed E-state index contributed by atoms with van der Waals surface area (Å²) in [7, 11) is 0. The van der Waals surface area contributed by atoms with Crippen molar-refractivity contribution in [3.05, 3.63) is 29.3 Å². The van der Waals surface area contributed by atoms with Gasteiger partial charge in [0.05, 0.1) is 11.3 Å². The zero-order chi connectivity index (χ0) is 14.9. The first kappa shape index (κ1) is 14.1. The summed E-state index contributed by atoms with van der Waals surface area (Å²) in [4.78, 5) is 14.0. The molecule has 5 nitrogen and oxygen atoms in total. The summed E-state index contributed by atoms with van der Waals surface area (Å²) >= 11 is 0. The van der Waals surface area contributed by atoms with Crippen LogP contribution in [0.25, 0.3) is 0 Å². The summed E-state index contributed by atoms with van der Waals surface area (Å²) in [6.07, 6.45) is -1.01. The summed E-state index contributed by atoms with van der Waals surface area (Å²) in [5, 5.41) is 18.0. The first-order valence-electron chi connectivity index (χ1n) is 6.07. The fourth-order valence-corrected chi connectivity index (χ4v) is 2.35. The maximum Gasteiger partial charge on any atom is 0.407 e. The van der Waals surface area contributed by atoms with Crippen molar-refractivity contribution in [3.63, 3.8) is 0 Å². The van der Waals surface area contributed by atoms with Gasteiger partial charge >= 0.3 is 6.09 Å². The maximum absolute atomic E-state index is 13.3. The van der Waals surface area contributed by atoms with Crippen LogP contribution in [0.15, 0.2) is 12.1 Å². The molecule has 0 unspecified atom stereocenters. The molecule has 1 heterocycles. The first-order chi connectivity index (χ1) is 9.43. The van der Waals surface area contributed by atoms with Crippen molar-refractivity contribution in [2.24, 2.45) is 0 Å². The molecular formula is C13H13F2N3O2. The van der Waals surface area contributed by atoms with Gasteiger partial charge in [-0.1, -0.05) is 0 Å². The average molecular weight is 281 g/mol. The van der Waals surface area contributed by atoms with Gasteiger partial charge in [-0.2, -0.15) is 5.26 Å². The number of nitrogens with zero attached hydrogens (tertiary/aromatic N) is 3. The number of anilines is 1. The number of benzene rings is 1. The Balaban J connectivity index is 2.28. The third kappa shape index (κ3) is 2.50. The quantitative estimate of drug-likeness (QED) is 0.855. The van der Waals surface area contributed by atoms with Crippen molar-refractivity contribution in [1.29, 1.82) is 5.26 Å². The van der Waals surface area contributed by atoms with E-state index in [2.05, 4.69) is 0 Å². The van der Waals surface area contributed by atoms with E-state index in [0.717, 1.165) is 12.1 Å². The minimum absolute atomic E-state index is 0.0416. The lowest BCUT2D eigenvalue weighted by atomic mass is 10.1. The number of halogens is 2. The highest BCUT2D eigenvalue weighted by Gasteiger charge is 2.28. The van der Waals surface area contributed by atoms with Crippen LogP contribution >= 0.6 is 0 Å². The second-order valence-corrected chi connectivity index (χ2v) is 4.67. The van der Waals surface area contributed by atoms with Crippen molar-refractivity contribution >= 4 is 11.8 Å². The third-order valence-electron chi connectivity index (χ3n) is 3.37. The zero-order valence-electron chi connectivity index (χ0n) is 10.8. The van der Waals surface area contributed by atoms with E-state index in [9.17, 15) is 13.6 Å². The van der Waals surface area contributed by atoms with Crippen molar-refractivity contribution in [2.75, 3.05) is 24.5 Å². The van der Waals surface area contributed by atoms with Crippen LogP contribution in [-0.2, 0) is 0 Å². The summed E-state index contributed by atoms with van der Waals surface area (Å²) < 4.78 is 26.5. The Hall–Kier alpha value is -2.36. The summed E-state index contributed by atoms with van der Waals surface area (Å²) in [6.45, 7) is 2.63. The van der Waals surface area contributed by atoms with Gasteiger partial charge < -0.3 is 14.9 Å². The topological polar surface area (TPSA) is 67.6 Å². The Kier molecular flexibility index (Phi) is 3.74. The number of rotatable bonds is 1. The molecule has 1 aromatic carbocycles. The largest absolute Gasteiger partial charge is 0.465 e. The van der Waals surface area contributed by atoms with E-state index in [1.807, 2.05) is 6.07 Å². The van der Waals surface area contributed by atoms with Gasteiger partial charge in [0.15, 0.2) is 11.6 Å². The van der Waals surface area contributed by atoms with E-state index in [1.54, 1.807) is 11.8 Å². The predicted octanol–water partition coefficient (Wildman–Crippen LogP) is 2.02. The molecule has 1 aliphatic rings. The minimum Gasteiger partial charge on any atom is -0.465 e. The van der Waals surface area contributed by atoms with Gasteiger partial charge in [0.25, 0.3) is 0 Å². The Labute approximate surface area is 114 Å². The number of hydrogen-bond donors (Lipinski definition) is 1. The Morgan fingerprint density at radius 3 is 2.60 bits per heavy atom. The van der Waals surface area contributed by atoms with Crippen LogP contribution in [0.5, 0.6) is 0 Å². The Morgan fingerprint density at radius 2 is 2.05 bits per heavy atom. The maximum atomic E-state index is 13.3. The molecule has 20 heavy (non-hydrogen) atoms. The second kappa shape index (κ2) is 5.33. The van der Waals surface area contributed by atoms with Gasteiger partial charge in [-0.05, 0) is 13.0 Å². The molecule has 1 amide bonds. The van der Waals surface area contributed by atoms with Gasteiger partial charge in [0.1, 0.15) is 6.07 Å². The SMILES string of the molecule is C[C@H]1CN(c2cc(F)c(F)cc2C#N)CCN1C(=O)O. The molecule has 2 rings (SSSR count). The van der Waals surface area contributed by atoms with Crippen molar-refractivity contribution < 1.29 is 18.7 Å². The van der Waals surface area contributed by atoms with E-state index in [1.165, 1.54) is 4.90 Å². The van der Waals surface area contributed by atoms with Gasteiger partial charge in [-0.15, -0.1) is 0 Å². The lowest BCUT2D eigenvalue weighted by Gasteiger charge is -2.39. The Bertz CT molecular complexity index is 586. The smallest absolute Gasteiger partial charge is 0.407 e. The molecule has 1 saturated heterocycles. The van der Waals surface area contributed by atoms with Crippen LogP contribution in [0.4, 0.5) is 19.3 Å². The number of carbonyl (C=O) groups is 1. The summed E-state index contributed by atoms with van der Waals surface area (Å²) in [5.41, 5.74) is 0.336. The molecule has 1 N–H and O–H groups in total. The van der Waals surface area contributed by atoms with Crippen LogP contribution in [0.2, 0.25) is 0 Å². The lowest BCUT2D eigenvalue weighted by molar-refractivity contribution is 0.122. The van der Waals surface area contributed by atoms with Crippen LogP contribution in [0, 0.1) is 23.0 Å². The molecule has 1 fully saturated rings. The predicted molar refractivity (Wildman–Crippen MR) is 67.5 cm³/mol. The summed E-state index contributed by atoms with van der Waals surface area (Å²) in [6, 6.07) is 3.38. The molecule has 106 valence electrons. The third-order valence-corrected chi connectivity index (χ3v) is 3.37. The van der Waals surface area contributed by atoms with E-state index in [0.29, 0.717) is 18.8 Å². The highest BCUT2D eigenvalue weighted by molar-refractivity contribution is 5.67. The van der Waals surface area contributed by atoms with E-state index in [-0.39, 0.29) is 18.2 Å². The zero-order valence-corrected chi connectivity index (χ0v) is 10.8. The average Bonchev–Trinajstić information content (AvgIpc) is 2.40. The molecule has 0 aliphatic carbocycles. The molecule has 1 aliphatic heterocycles. The number of piperazine rings is 1. The van der Waals surface area contributed by atoms with Crippen molar-refractivity contribution in [1.82, 2.24) is 4.90 Å². The van der Waals surface area contributed by atoms with Gasteiger partial charge in [-0.25, -0.2) is 13.6 Å². The highest BCUT2D eigenvalue weighted by Crippen LogP contribution is 2.26. The molecule has 1 atom stereocenters. The van der Waals surface area contributed by atoms with E-state index in [4.69, 9.17) is 10.4 Å². The van der Waals surface area contributed by atoms with Crippen molar-refractivity contribution in [3.8, 4) is 6.07 Å². The van der Waals surface area contributed by atoms with E-state index >= 15 is 0 Å². The molecule has 1 aromatic rings. The normalized spacial score (nSPS) is 18.8. The van der Waals surface area contributed by atoms with E-state index < -0.39 is 17.7 Å². The molecule has 0 spiro atoms. The number of carboxylic acid groups (broad SMARTS) is 1. The standard InChI is InChI=1S/C13H13F2N3O2/c1-8-7-17(2-3-18(8)13(19)20)12-5-11(15)10(14)4-9(12)6-16/h4-5,8H,2-3,7H2,1H3,(H,19,20)/t8-/m0/s1. The molecule has 0 aromatic heterocycles. The van der Waals surface area contributed by atoms with Crippen LogP contribution in [0.3, 0.4) is 0 Å². The van der Waals surface area contributed by atoms with Gasteiger partial charge in [0, 0.05) is 31.7 Å². The molecular weight excluding hydrogens is 268 g/mol. The fraction of sp³-hybridized carbons (Fsp3) is 0.385. The number of nitriles is 1. The van der Waals surface area contributed by atoms with Crippen molar-refractivity contribution in [2.45, 2.75) is 13.0 Å². The first-order valence-corrected chi connectivity index (χ1v) is 6.07. The number of hydrogen-bond acceptors (Lipinski definition) is 3. The minimum atomic E-state index is -1.07. The highest BCUT2D eigenvalue weighted by atomic mass is 19.2. The molecule has 7 heteroatoms. The van der Waals surface area contributed by atoms with Gasteiger partial charge in [0.2, 0.25) is 0 Å². The molecule has 0 bridgehead atoms. The lowest BCUT2D eigenvalue weighted by Crippen LogP contribution is -2.53. The second-order valence-electron chi connectivity index (χ2n) is 4.67. The van der Waals surface area contributed by atoms with Crippen LogP contribution in [0.1, 0.15) is 12.5 Å². The monoisotopic (exact) mass is 281 g/mol. The van der Waals surface area contributed by atoms with Gasteiger partial charge in [-0.3, -0.25) is 0 Å².